The maximum Gasteiger partial charge on any atom is 0.408 e. The minimum Gasteiger partial charge on any atom is -0.467 e. The zero-order valence-corrected chi connectivity index (χ0v) is 10.9. The van der Waals surface area contributed by atoms with Gasteiger partial charge in [0, 0.05) is 0 Å². The lowest BCUT2D eigenvalue weighted by Crippen LogP contribution is -2.43. The van der Waals surface area contributed by atoms with Crippen molar-refractivity contribution in [3.05, 3.63) is 12.7 Å². The molecule has 1 N–H and O–H groups in total. The lowest BCUT2D eigenvalue weighted by Gasteiger charge is -2.22. The molecular weight excluding hydrogens is 222 g/mol. The van der Waals surface area contributed by atoms with E-state index in [0.29, 0.717) is 12.8 Å². The average molecular weight is 243 g/mol. The van der Waals surface area contributed by atoms with E-state index in [0.717, 1.165) is 0 Å². The van der Waals surface area contributed by atoms with Gasteiger partial charge in [0.2, 0.25) is 0 Å². The Hall–Kier alpha value is -1.52. The Morgan fingerprint density at radius 2 is 2.00 bits per heavy atom. The van der Waals surface area contributed by atoms with Gasteiger partial charge in [-0.2, -0.15) is 0 Å². The molecule has 0 radical (unpaired) electrons. The van der Waals surface area contributed by atoms with Crippen molar-refractivity contribution in [1.82, 2.24) is 5.32 Å². The smallest absolute Gasteiger partial charge is 0.408 e. The first kappa shape index (κ1) is 15.5. The second kappa shape index (κ2) is 6.93. The summed E-state index contributed by atoms with van der Waals surface area (Å²) in [5.74, 6) is -0.488. The highest BCUT2D eigenvalue weighted by Gasteiger charge is 2.24. The summed E-state index contributed by atoms with van der Waals surface area (Å²) in [5, 5.41) is 2.48. The number of methoxy groups -OCH3 is 1. The number of carbonyl (C=O) groups excluding carboxylic acids is 2. The molecule has 5 nitrogen and oxygen atoms in total. The highest BCUT2D eigenvalue weighted by atomic mass is 16.6. The fourth-order valence-corrected chi connectivity index (χ4v) is 1.13. The maximum absolute atomic E-state index is 11.5. The van der Waals surface area contributed by atoms with Gasteiger partial charge >= 0.3 is 12.1 Å². The first-order valence-corrected chi connectivity index (χ1v) is 5.48. The van der Waals surface area contributed by atoms with Gasteiger partial charge in [-0.3, -0.25) is 0 Å². The van der Waals surface area contributed by atoms with Gasteiger partial charge in [-0.1, -0.05) is 6.08 Å². The predicted molar refractivity (Wildman–Crippen MR) is 64.6 cm³/mol. The van der Waals surface area contributed by atoms with E-state index in [2.05, 4.69) is 16.6 Å². The largest absolute Gasteiger partial charge is 0.467 e. The van der Waals surface area contributed by atoms with Crippen LogP contribution in [0.5, 0.6) is 0 Å². The van der Waals surface area contributed by atoms with Crippen molar-refractivity contribution in [2.24, 2.45) is 0 Å². The lowest BCUT2D eigenvalue weighted by atomic mass is 10.1. The number of nitrogens with one attached hydrogen (secondary N) is 1. The Labute approximate surface area is 102 Å². The van der Waals surface area contributed by atoms with Crippen LogP contribution in [0.2, 0.25) is 0 Å². The minimum atomic E-state index is -0.701. The maximum atomic E-state index is 11.5. The third kappa shape index (κ3) is 7.38. The molecule has 0 rings (SSSR count). The molecular formula is C12H21NO4. The zero-order valence-electron chi connectivity index (χ0n) is 10.9. The number of esters is 1. The molecule has 1 atom stereocenters. The lowest BCUT2D eigenvalue weighted by molar-refractivity contribution is -0.143. The van der Waals surface area contributed by atoms with Gasteiger partial charge in [-0.05, 0) is 33.6 Å². The van der Waals surface area contributed by atoms with Crippen molar-refractivity contribution < 1.29 is 19.1 Å². The van der Waals surface area contributed by atoms with E-state index >= 15 is 0 Å². The molecule has 0 heterocycles. The van der Waals surface area contributed by atoms with Gasteiger partial charge in [0.25, 0.3) is 0 Å². The Bertz CT molecular complexity index is 281. The summed E-state index contributed by atoms with van der Waals surface area (Å²) in [6, 6.07) is -0.701. The number of carbonyl (C=O) groups is 2. The number of hydrogen-bond donors (Lipinski definition) is 1. The van der Waals surface area contributed by atoms with Crippen LogP contribution in [0, 0.1) is 0 Å². The number of amides is 1. The van der Waals surface area contributed by atoms with Gasteiger partial charge in [0.05, 0.1) is 7.11 Å². The van der Waals surface area contributed by atoms with Gasteiger partial charge < -0.3 is 14.8 Å². The van der Waals surface area contributed by atoms with E-state index in [1.54, 1.807) is 26.8 Å². The average Bonchev–Trinajstić information content (AvgIpc) is 2.20. The van der Waals surface area contributed by atoms with Gasteiger partial charge in [-0.25, -0.2) is 9.59 Å². The van der Waals surface area contributed by atoms with Crippen LogP contribution in [0.15, 0.2) is 12.7 Å². The summed E-state index contributed by atoms with van der Waals surface area (Å²) in [6.45, 7) is 8.82. The fourth-order valence-electron chi connectivity index (χ4n) is 1.13. The molecule has 0 saturated heterocycles. The van der Waals surface area contributed by atoms with E-state index in [-0.39, 0.29) is 0 Å². The first-order chi connectivity index (χ1) is 7.80. The summed E-state index contributed by atoms with van der Waals surface area (Å²) >= 11 is 0. The summed E-state index contributed by atoms with van der Waals surface area (Å²) in [4.78, 5) is 22.9. The molecule has 0 fully saturated rings. The van der Waals surface area contributed by atoms with Gasteiger partial charge in [-0.15, -0.1) is 6.58 Å². The quantitative estimate of drug-likeness (QED) is 0.592. The Balaban J connectivity index is 4.37. The van der Waals surface area contributed by atoms with Crippen molar-refractivity contribution in [3.63, 3.8) is 0 Å². The summed E-state index contributed by atoms with van der Waals surface area (Å²) in [7, 11) is 1.28. The molecule has 5 heteroatoms. The number of hydrogen-bond acceptors (Lipinski definition) is 4. The molecule has 0 unspecified atom stereocenters. The van der Waals surface area contributed by atoms with Crippen molar-refractivity contribution in [3.8, 4) is 0 Å². The molecule has 1 amide bonds. The van der Waals surface area contributed by atoms with Crippen molar-refractivity contribution in [1.29, 1.82) is 0 Å². The molecule has 0 aromatic carbocycles. The van der Waals surface area contributed by atoms with Crippen LogP contribution in [0.3, 0.4) is 0 Å². The number of rotatable bonds is 5. The molecule has 0 aliphatic carbocycles. The predicted octanol–water partition coefficient (Wildman–Crippen LogP) is 2.02. The van der Waals surface area contributed by atoms with E-state index in [4.69, 9.17) is 4.74 Å². The van der Waals surface area contributed by atoms with Crippen LogP contribution in [0.25, 0.3) is 0 Å². The number of ether oxygens (including phenoxy) is 2. The Kier molecular flexibility index (Phi) is 6.31. The molecule has 0 aromatic heterocycles. The standard InChI is InChI=1S/C12H21NO4/c1-6-7-8-9(10(14)16-5)13-11(15)17-12(2,3)4/h6,9H,1,7-8H2,2-5H3,(H,13,15)/t9-/m0/s1. The molecule has 0 bridgehead atoms. The van der Waals surface area contributed by atoms with Gasteiger partial charge in [0.1, 0.15) is 11.6 Å². The van der Waals surface area contributed by atoms with Crippen LogP contribution in [-0.4, -0.2) is 30.8 Å². The highest BCUT2D eigenvalue weighted by Crippen LogP contribution is 2.08. The zero-order chi connectivity index (χ0) is 13.5. The number of allylic oxidation sites excluding steroid dienone is 1. The van der Waals surface area contributed by atoms with E-state index in [1.165, 1.54) is 7.11 Å². The SMILES string of the molecule is C=CCC[C@H](NC(=O)OC(C)(C)C)C(=O)OC. The van der Waals surface area contributed by atoms with Crippen LogP contribution in [-0.2, 0) is 14.3 Å². The van der Waals surface area contributed by atoms with Crippen molar-refractivity contribution >= 4 is 12.1 Å². The third-order valence-electron chi connectivity index (χ3n) is 1.84. The van der Waals surface area contributed by atoms with E-state index < -0.39 is 23.7 Å². The Morgan fingerprint density at radius 3 is 2.41 bits per heavy atom. The molecule has 0 saturated carbocycles. The number of alkyl carbamates (subject to hydrolysis) is 1. The fraction of sp³-hybridized carbons (Fsp3) is 0.667. The van der Waals surface area contributed by atoms with E-state index in [1.807, 2.05) is 0 Å². The Morgan fingerprint density at radius 1 is 1.41 bits per heavy atom. The molecule has 0 aliphatic heterocycles. The molecule has 0 aromatic rings. The second-order valence-electron chi connectivity index (χ2n) is 4.59. The van der Waals surface area contributed by atoms with Crippen LogP contribution >= 0.6 is 0 Å². The topological polar surface area (TPSA) is 64.6 Å². The second-order valence-corrected chi connectivity index (χ2v) is 4.59. The molecule has 17 heavy (non-hydrogen) atoms. The summed E-state index contributed by atoms with van der Waals surface area (Å²) in [5.41, 5.74) is -0.594. The van der Waals surface area contributed by atoms with Crippen LogP contribution in [0.4, 0.5) is 4.79 Å². The molecule has 0 spiro atoms. The van der Waals surface area contributed by atoms with E-state index in [9.17, 15) is 9.59 Å². The normalized spacial score (nSPS) is 12.5. The third-order valence-corrected chi connectivity index (χ3v) is 1.84. The van der Waals surface area contributed by atoms with Crippen LogP contribution < -0.4 is 5.32 Å². The van der Waals surface area contributed by atoms with Gasteiger partial charge in [0.15, 0.2) is 0 Å². The molecule has 0 aliphatic rings. The minimum absolute atomic E-state index is 0.440. The highest BCUT2D eigenvalue weighted by molar-refractivity contribution is 5.81. The monoisotopic (exact) mass is 243 g/mol. The van der Waals surface area contributed by atoms with Crippen LogP contribution in [0.1, 0.15) is 33.6 Å². The van der Waals surface area contributed by atoms with Crippen molar-refractivity contribution in [2.45, 2.75) is 45.3 Å². The molecule has 98 valence electrons. The summed E-state index contributed by atoms with van der Waals surface area (Å²) < 4.78 is 9.66. The van der Waals surface area contributed by atoms with Crippen molar-refractivity contribution in [2.75, 3.05) is 7.11 Å². The summed E-state index contributed by atoms with van der Waals surface area (Å²) in [6.07, 6.45) is 2.09. The first-order valence-electron chi connectivity index (χ1n) is 5.48.